The molecule has 6 heteroatoms. The van der Waals surface area contributed by atoms with Crippen molar-refractivity contribution in [2.75, 3.05) is 0 Å². The third-order valence-electron chi connectivity index (χ3n) is 2.73. The minimum Gasteiger partial charge on any atom is -0.294 e. The lowest BCUT2D eigenvalue weighted by Crippen LogP contribution is -2.51. The van der Waals surface area contributed by atoms with Crippen LogP contribution in [0.4, 0.5) is 0 Å². The fourth-order valence-corrected chi connectivity index (χ4v) is 2.03. The number of hydrogen-bond acceptors (Lipinski definition) is 3. The Morgan fingerprint density at radius 3 is 2.72 bits per heavy atom. The Hall–Kier alpha value is -1.88. The molecular weight excluding hydrogens is 256 g/mol. The van der Waals surface area contributed by atoms with Gasteiger partial charge in [-0.05, 0) is 12.1 Å². The summed E-state index contributed by atoms with van der Waals surface area (Å²) >= 11 is 5.90. The molecule has 2 rings (SSSR count). The average Bonchev–Trinajstić information content (AvgIpc) is 2.34. The SMILES string of the molecule is O=C1CC(CC(=O)c2ccccc2Cl)C(=O)NN1. The summed E-state index contributed by atoms with van der Waals surface area (Å²) in [5.41, 5.74) is 4.81. The number of ketones is 1. The fourth-order valence-electron chi connectivity index (χ4n) is 1.79. The van der Waals surface area contributed by atoms with Gasteiger partial charge in [-0.15, -0.1) is 0 Å². The van der Waals surface area contributed by atoms with Gasteiger partial charge in [0.05, 0.1) is 10.9 Å². The lowest BCUT2D eigenvalue weighted by atomic mass is 9.93. The molecule has 0 aromatic heterocycles. The zero-order valence-corrected chi connectivity index (χ0v) is 10.2. The van der Waals surface area contributed by atoms with Gasteiger partial charge in [0.1, 0.15) is 0 Å². The van der Waals surface area contributed by atoms with Crippen LogP contribution in [0.3, 0.4) is 0 Å². The normalized spacial score (nSPS) is 19.1. The molecule has 18 heavy (non-hydrogen) atoms. The average molecular weight is 267 g/mol. The van der Waals surface area contributed by atoms with Gasteiger partial charge < -0.3 is 0 Å². The molecule has 1 unspecified atom stereocenters. The quantitative estimate of drug-likeness (QED) is 0.804. The standard InChI is InChI=1S/C12H11ClN2O3/c13-9-4-2-1-3-8(9)10(16)5-7-6-11(17)14-15-12(7)18/h1-4,7H,5-6H2,(H,14,17)(H,15,18). The summed E-state index contributed by atoms with van der Waals surface area (Å²) in [6.45, 7) is 0. The maximum Gasteiger partial charge on any atom is 0.242 e. The van der Waals surface area contributed by atoms with E-state index in [9.17, 15) is 14.4 Å². The highest BCUT2D eigenvalue weighted by Crippen LogP contribution is 2.21. The molecule has 1 aliphatic rings. The first kappa shape index (κ1) is 12.6. The summed E-state index contributed by atoms with van der Waals surface area (Å²) in [6.07, 6.45) is -0.00892. The first-order valence-electron chi connectivity index (χ1n) is 5.44. The Bertz CT molecular complexity index is 516. The van der Waals surface area contributed by atoms with E-state index in [-0.39, 0.29) is 30.4 Å². The van der Waals surface area contributed by atoms with Crippen molar-refractivity contribution in [1.82, 2.24) is 10.9 Å². The molecule has 0 radical (unpaired) electrons. The van der Waals surface area contributed by atoms with Gasteiger partial charge in [0.15, 0.2) is 5.78 Å². The molecule has 1 heterocycles. The molecule has 2 N–H and O–H groups in total. The molecule has 1 aliphatic heterocycles. The van der Waals surface area contributed by atoms with E-state index in [0.717, 1.165) is 0 Å². The van der Waals surface area contributed by atoms with E-state index in [4.69, 9.17) is 11.6 Å². The van der Waals surface area contributed by atoms with Gasteiger partial charge in [-0.2, -0.15) is 0 Å². The van der Waals surface area contributed by atoms with E-state index >= 15 is 0 Å². The van der Waals surface area contributed by atoms with E-state index in [1.807, 2.05) is 0 Å². The zero-order chi connectivity index (χ0) is 13.1. The summed E-state index contributed by atoms with van der Waals surface area (Å²) in [5.74, 6) is -1.53. The van der Waals surface area contributed by atoms with Crippen LogP contribution in [0.2, 0.25) is 5.02 Å². The van der Waals surface area contributed by atoms with Crippen LogP contribution >= 0.6 is 11.6 Å². The van der Waals surface area contributed by atoms with Crippen LogP contribution in [0.1, 0.15) is 23.2 Å². The third-order valence-corrected chi connectivity index (χ3v) is 3.06. The highest BCUT2D eigenvalue weighted by Gasteiger charge is 2.29. The van der Waals surface area contributed by atoms with Crippen molar-refractivity contribution >= 4 is 29.2 Å². The molecule has 1 aromatic carbocycles. The van der Waals surface area contributed by atoms with Crippen molar-refractivity contribution in [2.24, 2.45) is 5.92 Å². The van der Waals surface area contributed by atoms with Gasteiger partial charge in [0.2, 0.25) is 11.8 Å². The van der Waals surface area contributed by atoms with Crippen molar-refractivity contribution in [3.63, 3.8) is 0 Å². The van der Waals surface area contributed by atoms with Crippen molar-refractivity contribution < 1.29 is 14.4 Å². The molecule has 1 saturated heterocycles. The predicted molar refractivity (Wildman–Crippen MR) is 64.8 cm³/mol. The van der Waals surface area contributed by atoms with Gasteiger partial charge in [-0.25, -0.2) is 0 Å². The molecule has 0 spiro atoms. The monoisotopic (exact) mass is 266 g/mol. The number of hydrogen-bond donors (Lipinski definition) is 2. The number of hydrazine groups is 1. The summed E-state index contributed by atoms with van der Waals surface area (Å²) in [7, 11) is 0. The van der Waals surface area contributed by atoms with Crippen LogP contribution in [0.25, 0.3) is 0 Å². The highest BCUT2D eigenvalue weighted by atomic mass is 35.5. The van der Waals surface area contributed by atoms with Gasteiger partial charge in [0.25, 0.3) is 0 Å². The van der Waals surface area contributed by atoms with Crippen LogP contribution in [-0.2, 0) is 9.59 Å². The third kappa shape index (κ3) is 2.68. The van der Waals surface area contributed by atoms with Crippen LogP contribution in [0.5, 0.6) is 0 Å². The summed E-state index contributed by atoms with van der Waals surface area (Å²) in [4.78, 5) is 34.6. The van der Waals surface area contributed by atoms with Crippen molar-refractivity contribution in [3.05, 3.63) is 34.9 Å². The molecular formula is C12H11ClN2O3. The lowest BCUT2D eigenvalue weighted by Gasteiger charge is -2.21. The molecule has 1 fully saturated rings. The van der Waals surface area contributed by atoms with E-state index in [2.05, 4.69) is 10.9 Å². The minimum absolute atomic E-state index is 0.0159. The van der Waals surface area contributed by atoms with Crippen molar-refractivity contribution in [3.8, 4) is 0 Å². The zero-order valence-electron chi connectivity index (χ0n) is 9.40. The smallest absolute Gasteiger partial charge is 0.242 e. The Kier molecular flexibility index (Phi) is 3.62. The minimum atomic E-state index is -0.637. The number of nitrogens with one attached hydrogen (secondary N) is 2. The maximum atomic E-state index is 12.0. The second kappa shape index (κ2) is 5.18. The van der Waals surface area contributed by atoms with Gasteiger partial charge in [0, 0.05) is 18.4 Å². The lowest BCUT2D eigenvalue weighted by molar-refractivity contribution is -0.137. The predicted octanol–water partition coefficient (Wildman–Crippen LogP) is 1.08. The first-order valence-corrected chi connectivity index (χ1v) is 5.82. The molecule has 1 aromatic rings. The number of benzene rings is 1. The molecule has 1 atom stereocenters. The molecule has 0 saturated carbocycles. The van der Waals surface area contributed by atoms with Crippen LogP contribution in [-0.4, -0.2) is 17.6 Å². The number of halogens is 1. The summed E-state index contributed by atoms with van der Waals surface area (Å²) < 4.78 is 0. The van der Waals surface area contributed by atoms with Gasteiger partial charge in [-0.3, -0.25) is 25.2 Å². The van der Waals surface area contributed by atoms with Crippen molar-refractivity contribution in [1.29, 1.82) is 0 Å². The summed E-state index contributed by atoms with van der Waals surface area (Å²) in [6, 6.07) is 6.64. The Morgan fingerprint density at radius 1 is 1.28 bits per heavy atom. The largest absolute Gasteiger partial charge is 0.294 e. The Balaban J connectivity index is 2.09. The molecule has 2 amide bonds. The second-order valence-electron chi connectivity index (χ2n) is 4.05. The van der Waals surface area contributed by atoms with E-state index in [1.54, 1.807) is 24.3 Å². The van der Waals surface area contributed by atoms with E-state index in [0.29, 0.717) is 10.6 Å². The number of carbonyl (C=O) groups is 3. The Morgan fingerprint density at radius 2 is 2.00 bits per heavy atom. The van der Waals surface area contributed by atoms with E-state index < -0.39 is 5.92 Å². The van der Waals surface area contributed by atoms with Crippen LogP contribution < -0.4 is 10.9 Å². The second-order valence-corrected chi connectivity index (χ2v) is 4.45. The number of rotatable bonds is 3. The number of carbonyl (C=O) groups excluding carboxylic acids is 3. The first-order chi connectivity index (χ1) is 8.58. The highest BCUT2D eigenvalue weighted by molar-refractivity contribution is 6.34. The van der Waals surface area contributed by atoms with E-state index in [1.165, 1.54) is 0 Å². The van der Waals surface area contributed by atoms with Gasteiger partial charge in [-0.1, -0.05) is 23.7 Å². The molecule has 94 valence electrons. The van der Waals surface area contributed by atoms with Gasteiger partial charge >= 0.3 is 0 Å². The number of amides is 2. The topological polar surface area (TPSA) is 75.3 Å². The van der Waals surface area contributed by atoms with Crippen molar-refractivity contribution in [2.45, 2.75) is 12.8 Å². The Labute approximate surface area is 108 Å². The number of Topliss-reactive ketones (excluding diaryl/α,β-unsaturated/α-hetero) is 1. The molecule has 5 nitrogen and oxygen atoms in total. The van der Waals surface area contributed by atoms with Crippen LogP contribution in [0.15, 0.2) is 24.3 Å². The molecule has 0 aliphatic carbocycles. The van der Waals surface area contributed by atoms with Crippen LogP contribution in [0, 0.1) is 5.92 Å². The maximum absolute atomic E-state index is 12.0. The molecule has 0 bridgehead atoms. The fraction of sp³-hybridized carbons (Fsp3) is 0.250. The summed E-state index contributed by atoms with van der Waals surface area (Å²) in [5, 5.41) is 0.350.